The largest absolute Gasteiger partial charge is 0.346 e. The quantitative estimate of drug-likeness (QED) is 0.813. The van der Waals surface area contributed by atoms with Crippen molar-refractivity contribution in [1.29, 1.82) is 5.26 Å². The Bertz CT molecular complexity index is 806. The maximum Gasteiger partial charge on any atom is 0.346 e. The Labute approximate surface area is 132 Å². The second-order valence-corrected chi connectivity index (χ2v) is 6.46. The van der Waals surface area contributed by atoms with E-state index >= 15 is 0 Å². The Balaban J connectivity index is 2.02. The van der Waals surface area contributed by atoms with Gasteiger partial charge in [-0.2, -0.15) is 10.3 Å². The van der Waals surface area contributed by atoms with Gasteiger partial charge in [0.1, 0.15) is 0 Å². The van der Waals surface area contributed by atoms with E-state index < -0.39 is 0 Å². The van der Waals surface area contributed by atoms with E-state index in [0.29, 0.717) is 10.4 Å². The highest BCUT2D eigenvalue weighted by Gasteiger charge is 2.17. The standard InChI is InChI=1S/C16H16N4OS/c1-12-11-20(14-6-4-5-13(9-14)10-17)16(22-12)18-15(21)19-7-2-3-8-19/h4-6,9,11H,2-3,7-8H2,1H3/b18-16-. The highest BCUT2D eigenvalue weighted by molar-refractivity contribution is 7.09. The van der Waals surface area contributed by atoms with Crippen LogP contribution in [0.5, 0.6) is 0 Å². The number of nitrogens with zero attached hydrogens (tertiary/aromatic N) is 4. The van der Waals surface area contributed by atoms with Crippen molar-refractivity contribution in [3.8, 4) is 11.8 Å². The molecule has 0 saturated carbocycles. The Hall–Kier alpha value is -2.39. The topological polar surface area (TPSA) is 61.4 Å². The second kappa shape index (κ2) is 6.16. The number of urea groups is 1. The number of likely N-dealkylation sites (tertiary alicyclic amines) is 1. The molecule has 0 unspecified atom stereocenters. The van der Waals surface area contributed by atoms with Crippen LogP contribution in [-0.2, 0) is 0 Å². The van der Waals surface area contributed by atoms with Crippen molar-refractivity contribution in [2.24, 2.45) is 4.99 Å². The van der Waals surface area contributed by atoms with Gasteiger partial charge in [0.25, 0.3) is 0 Å². The van der Waals surface area contributed by atoms with Gasteiger partial charge in [0.05, 0.1) is 11.6 Å². The molecular weight excluding hydrogens is 296 g/mol. The number of nitriles is 1. The Morgan fingerprint density at radius 1 is 1.36 bits per heavy atom. The summed E-state index contributed by atoms with van der Waals surface area (Å²) >= 11 is 1.48. The lowest BCUT2D eigenvalue weighted by molar-refractivity contribution is 0.218. The number of rotatable bonds is 1. The first-order chi connectivity index (χ1) is 10.7. The van der Waals surface area contributed by atoms with Crippen LogP contribution < -0.4 is 4.80 Å². The van der Waals surface area contributed by atoms with Gasteiger partial charge in [-0.1, -0.05) is 6.07 Å². The molecule has 0 spiro atoms. The van der Waals surface area contributed by atoms with Gasteiger partial charge in [-0.05, 0) is 38.0 Å². The fraction of sp³-hybridized carbons (Fsp3) is 0.312. The third-order valence-corrected chi connectivity index (χ3v) is 4.49. The van der Waals surface area contributed by atoms with E-state index in [4.69, 9.17) is 5.26 Å². The summed E-state index contributed by atoms with van der Waals surface area (Å²) in [5.41, 5.74) is 1.43. The predicted molar refractivity (Wildman–Crippen MR) is 84.9 cm³/mol. The van der Waals surface area contributed by atoms with Crippen molar-refractivity contribution < 1.29 is 4.79 Å². The fourth-order valence-corrected chi connectivity index (χ4v) is 3.33. The van der Waals surface area contributed by atoms with Gasteiger partial charge in [0.2, 0.25) is 0 Å². The molecule has 6 heteroatoms. The van der Waals surface area contributed by atoms with Crippen molar-refractivity contribution in [3.63, 3.8) is 0 Å². The van der Waals surface area contributed by atoms with E-state index in [1.54, 1.807) is 17.0 Å². The van der Waals surface area contributed by atoms with Crippen LogP contribution in [0.2, 0.25) is 0 Å². The van der Waals surface area contributed by atoms with Crippen molar-refractivity contribution in [1.82, 2.24) is 9.47 Å². The van der Waals surface area contributed by atoms with Crippen LogP contribution in [0.4, 0.5) is 4.79 Å². The third-order valence-electron chi connectivity index (χ3n) is 3.59. The molecule has 3 rings (SSSR count). The van der Waals surface area contributed by atoms with Crippen molar-refractivity contribution in [3.05, 3.63) is 45.7 Å². The number of thiazole rings is 1. The number of hydrogen-bond acceptors (Lipinski definition) is 3. The van der Waals surface area contributed by atoms with E-state index in [9.17, 15) is 4.79 Å². The maximum atomic E-state index is 12.2. The summed E-state index contributed by atoms with van der Waals surface area (Å²) in [7, 11) is 0. The minimum Gasteiger partial charge on any atom is -0.323 e. The number of aromatic nitrogens is 1. The lowest BCUT2D eigenvalue weighted by Gasteiger charge is -2.10. The molecule has 0 aliphatic carbocycles. The number of carbonyl (C=O) groups excluding carboxylic acids is 1. The minimum atomic E-state index is -0.176. The van der Waals surface area contributed by atoms with E-state index in [1.165, 1.54) is 11.3 Å². The highest BCUT2D eigenvalue weighted by Crippen LogP contribution is 2.13. The van der Waals surface area contributed by atoms with Gasteiger partial charge in [-0.3, -0.25) is 4.57 Å². The summed E-state index contributed by atoms with van der Waals surface area (Å²) in [6, 6.07) is 9.26. The highest BCUT2D eigenvalue weighted by atomic mass is 32.1. The van der Waals surface area contributed by atoms with Gasteiger partial charge >= 0.3 is 6.03 Å². The first kappa shape index (κ1) is 14.5. The van der Waals surface area contributed by atoms with Crippen molar-refractivity contribution in [2.75, 3.05) is 13.1 Å². The first-order valence-corrected chi connectivity index (χ1v) is 8.02. The lowest BCUT2D eigenvalue weighted by atomic mass is 10.2. The summed E-state index contributed by atoms with van der Waals surface area (Å²) in [5, 5.41) is 9.03. The number of carbonyl (C=O) groups is 1. The average Bonchev–Trinajstić information content (AvgIpc) is 3.17. The Morgan fingerprint density at radius 2 is 2.14 bits per heavy atom. The molecule has 1 aliphatic rings. The first-order valence-electron chi connectivity index (χ1n) is 7.20. The molecule has 1 fully saturated rings. The van der Waals surface area contributed by atoms with Gasteiger partial charge in [-0.15, -0.1) is 11.3 Å². The average molecular weight is 312 g/mol. The second-order valence-electron chi connectivity index (χ2n) is 5.25. The van der Waals surface area contributed by atoms with Gasteiger partial charge in [0.15, 0.2) is 4.80 Å². The molecule has 1 aliphatic heterocycles. The Morgan fingerprint density at radius 3 is 2.86 bits per heavy atom. The SMILES string of the molecule is Cc1cn(-c2cccc(C#N)c2)/c(=N/C(=O)N2CCCC2)s1. The van der Waals surface area contributed by atoms with E-state index in [2.05, 4.69) is 11.1 Å². The summed E-state index contributed by atoms with van der Waals surface area (Å²) in [6.07, 6.45) is 4.04. The molecular formula is C16H16N4OS. The normalized spacial score (nSPS) is 15.1. The molecule has 1 aromatic carbocycles. The fourth-order valence-electron chi connectivity index (χ4n) is 2.50. The molecule has 5 nitrogen and oxygen atoms in total. The summed E-state index contributed by atoms with van der Waals surface area (Å²) in [5.74, 6) is 0. The summed E-state index contributed by atoms with van der Waals surface area (Å²) in [4.78, 5) is 20.0. The molecule has 0 atom stereocenters. The van der Waals surface area contributed by atoms with Gasteiger partial charge < -0.3 is 4.90 Å². The number of amides is 2. The number of benzene rings is 1. The molecule has 2 heterocycles. The molecule has 22 heavy (non-hydrogen) atoms. The zero-order valence-electron chi connectivity index (χ0n) is 12.3. The summed E-state index contributed by atoms with van der Waals surface area (Å²) in [6.45, 7) is 3.56. The van der Waals surface area contributed by atoms with Gasteiger partial charge in [-0.25, -0.2) is 4.79 Å². The van der Waals surface area contributed by atoms with Crippen LogP contribution >= 0.6 is 11.3 Å². The number of aryl methyl sites for hydroxylation is 1. The van der Waals surface area contributed by atoms with Crippen LogP contribution in [-0.4, -0.2) is 28.6 Å². The van der Waals surface area contributed by atoms with Crippen LogP contribution in [0.1, 0.15) is 23.3 Å². The molecule has 0 radical (unpaired) electrons. The smallest absolute Gasteiger partial charge is 0.323 e. The predicted octanol–water partition coefficient (Wildman–Crippen LogP) is 2.84. The van der Waals surface area contributed by atoms with Gasteiger partial charge in [0, 0.05) is 29.9 Å². The molecule has 0 N–H and O–H groups in total. The molecule has 1 saturated heterocycles. The third kappa shape index (κ3) is 2.95. The summed E-state index contributed by atoms with van der Waals surface area (Å²) < 4.78 is 1.87. The minimum absolute atomic E-state index is 0.176. The molecule has 2 aromatic rings. The zero-order valence-corrected chi connectivity index (χ0v) is 13.1. The Kier molecular flexibility index (Phi) is 4.07. The van der Waals surface area contributed by atoms with Crippen LogP contribution in [0.3, 0.4) is 0 Å². The lowest BCUT2D eigenvalue weighted by Crippen LogP contribution is -2.27. The van der Waals surface area contributed by atoms with Crippen LogP contribution in [0.25, 0.3) is 5.69 Å². The maximum absolute atomic E-state index is 12.2. The van der Waals surface area contributed by atoms with Crippen LogP contribution in [0, 0.1) is 18.3 Å². The molecule has 112 valence electrons. The van der Waals surface area contributed by atoms with Crippen molar-refractivity contribution in [2.45, 2.75) is 19.8 Å². The van der Waals surface area contributed by atoms with Crippen LogP contribution in [0.15, 0.2) is 35.5 Å². The number of hydrogen-bond donors (Lipinski definition) is 0. The molecule has 2 amide bonds. The zero-order chi connectivity index (χ0) is 15.5. The van der Waals surface area contributed by atoms with E-state index in [-0.39, 0.29) is 6.03 Å². The van der Waals surface area contributed by atoms with Crippen molar-refractivity contribution >= 4 is 17.4 Å². The van der Waals surface area contributed by atoms with E-state index in [0.717, 1.165) is 36.5 Å². The van der Waals surface area contributed by atoms with E-state index in [1.807, 2.05) is 29.8 Å². The molecule has 1 aromatic heterocycles. The monoisotopic (exact) mass is 312 g/mol. The molecule has 0 bridgehead atoms.